The van der Waals surface area contributed by atoms with E-state index in [-0.39, 0.29) is 18.1 Å². The van der Waals surface area contributed by atoms with Crippen LogP contribution in [-0.4, -0.2) is 50.1 Å². The molecule has 0 N–H and O–H groups in total. The van der Waals surface area contributed by atoms with Crippen molar-refractivity contribution in [3.63, 3.8) is 0 Å². The maximum absolute atomic E-state index is 12.1. The van der Waals surface area contributed by atoms with Crippen LogP contribution in [-0.2, 0) is 11.8 Å². The number of hydrogen-bond donors (Lipinski definition) is 0. The van der Waals surface area contributed by atoms with Crippen molar-refractivity contribution in [3.8, 4) is 11.5 Å². The minimum absolute atomic E-state index is 0.144. The molecule has 0 unspecified atom stereocenters. The van der Waals surface area contributed by atoms with Crippen LogP contribution in [0, 0.1) is 6.92 Å². The van der Waals surface area contributed by atoms with Gasteiger partial charge in [0.15, 0.2) is 5.82 Å². The molecule has 1 aliphatic carbocycles. The van der Waals surface area contributed by atoms with Crippen LogP contribution < -0.4 is 0 Å². The molecule has 1 aliphatic heterocycles. The first-order valence-corrected chi connectivity index (χ1v) is 9.81. The van der Waals surface area contributed by atoms with E-state index in [1.54, 1.807) is 4.90 Å². The Kier molecular flexibility index (Phi) is 4.07. The van der Waals surface area contributed by atoms with E-state index in [1.165, 1.54) is 0 Å². The first-order valence-electron chi connectivity index (χ1n) is 9.81. The fourth-order valence-electron chi connectivity index (χ4n) is 3.81. The molecule has 5 rings (SSSR count). The van der Waals surface area contributed by atoms with Crippen LogP contribution in [0.1, 0.15) is 43.1 Å². The molecule has 2 fully saturated rings. The maximum Gasteiger partial charge on any atom is 0.410 e. The van der Waals surface area contributed by atoms with Crippen LogP contribution in [0.2, 0.25) is 0 Å². The zero-order valence-corrected chi connectivity index (χ0v) is 16.1. The van der Waals surface area contributed by atoms with E-state index in [9.17, 15) is 4.79 Å². The van der Waals surface area contributed by atoms with Gasteiger partial charge < -0.3 is 14.2 Å². The van der Waals surface area contributed by atoms with Gasteiger partial charge in [-0.15, -0.1) is 0 Å². The molecule has 2 aliphatic rings. The van der Waals surface area contributed by atoms with Crippen molar-refractivity contribution in [2.75, 3.05) is 13.1 Å². The first kappa shape index (κ1) is 17.2. The molecule has 1 saturated carbocycles. The zero-order valence-electron chi connectivity index (χ0n) is 16.1. The van der Waals surface area contributed by atoms with E-state index < -0.39 is 0 Å². The Morgan fingerprint density at radius 2 is 2.00 bits per heavy atom. The summed E-state index contributed by atoms with van der Waals surface area (Å²) >= 11 is 0. The Bertz CT molecular complexity index is 1030. The average molecular weight is 381 g/mol. The van der Waals surface area contributed by atoms with Gasteiger partial charge in [-0.25, -0.2) is 4.79 Å². The largest absolute Gasteiger partial charge is 0.446 e. The minimum Gasteiger partial charge on any atom is -0.446 e. The van der Waals surface area contributed by atoms with Crippen molar-refractivity contribution in [1.82, 2.24) is 24.8 Å². The van der Waals surface area contributed by atoms with E-state index >= 15 is 0 Å². The molecular formula is C20H23N5O3. The van der Waals surface area contributed by atoms with Crippen molar-refractivity contribution in [2.45, 2.75) is 44.6 Å². The fourth-order valence-corrected chi connectivity index (χ4v) is 3.81. The minimum atomic E-state index is -0.186. The van der Waals surface area contributed by atoms with Crippen LogP contribution in [0.3, 0.4) is 0 Å². The van der Waals surface area contributed by atoms with Crippen LogP contribution in [0.15, 0.2) is 22.7 Å². The van der Waals surface area contributed by atoms with Gasteiger partial charge in [0.2, 0.25) is 0 Å². The number of fused-ring (bicyclic) bond motifs is 1. The van der Waals surface area contributed by atoms with Gasteiger partial charge in [0.25, 0.3) is 5.89 Å². The molecule has 1 aromatic carbocycles. The molecule has 0 atom stereocenters. The molecule has 146 valence electrons. The predicted molar refractivity (Wildman–Crippen MR) is 102 cm³/mol. The summed E-state index contributed by atoms with van der Waals surface area (Å²) < 4.78 is 12.8. The molecule has 2 aromatic heterocycles. The number of carbonyl (C=O) groups is 1. The third-order valence-corrected chi connectivity index (χ3v) is 5.64. The summed E-state index contributed by atoms with van der Waals surface area (Å²) in [6, 6.07) is 6.06. The molecule has 0 radical (unpaired) electrons. The van der Waals surface area contributed by atoms with Crippen molar-refractivity contribution >= 4 is 17.0 Å². The lowest BCUT2D eigenvalue weighted by molar-refractivity contribution is 0.0862. The highest BCUT2D eigenvalue weighted by atomic mass is 16.6. The summed E-state index contributed by atoms with van der Waals surface area (Å²) in [5.41, 5.74) is 2.93. The molecule has 1 amide bonds. The Morgan fingerprint density at radius 1 is 1.21 bits per heavy atom. The number of ether oxygens (including phenoxy) is 1. The monoisotopic (exact) mass is 381 g/mol. The Balaban J connectivity index is 1.29. The van der Waals surface area contributed by atoms with Crippen molar-refractivity contribution in [3.05, 3.63) is 29.7 Å². The van der Waals surface area contributed by atoms with Gasteiger partial charge >= 0.3 is 6.09 Å². The quantitative estimate of drug-likeness (QED) is 0.691. The maximum atomic E-state index is 12.1. The molecule has 1 saturated heterocycles. The lowest BCUT2D eigenvalue weighted by atomic mass is 9.96. The Morgan fingerprint density at radius 3 is 2.75 bits per heavy atom. The normalized spacial score (nSPS) is 18.0. The summed E-state index contributed by atoms with van der Waals surface area (Å²) in [5.74, 6) is 1.43. The summed E-state index contributed by atoms with van der Waals surface area (Å²) in [7, 11) is 1.93. The second-order valence-corrected chi connectivity index (χ2v) is 7.74. The number of hydrogen-bond acceptors (Lipinski definition) is 6. The molecule has 8 heteroatoms. The molecular weight excluding hydrogens is 358 g/mol. The summed E-state index contributed by atoms with van der Waals surface area (Å²) in [6.45, 7) is 3.33. The molecule has 8 nitrogen and oxygen atoms in total. The second kappa shape index (κ2) is 6.61. The van der Waals surface area contributed by atoms with Crippen molar-refractivity contribution in [1.29, 1.82) is 0 Å². The summed E-state index contributed by atoms with van der Waals surface area (Å²) in [4.78, 5) is 18.5. The van der Waals surface area contributed by atoms with Gasteiger partial charge in [-0.1, -0.05) is 11.2 Å². The highest BCUT2D eigenvalue weighted by Gasteiger charge is 2.32. The van der Waals surface area contributed by atoms with Crippen LogP contribution in [0.4, 0.5) is 4.79 Å². The number of aryl methyl sites for hydroxylation is 2. The van der Waals surface area contributed by atoms with Crippen molar-refractivity contribution < 1.29 is 14.1 Å². The number of benzene rings is 1. The third-order valence-electron chi connectivity index (χ3n) is 5.64. The number of carbonyl (C=O) groups excluding carboxylic acids is 1. The number of rotatable bonds is 3. The van der Waals surface area contributed by atoms with Crippen LogP contribution in [0.5, 0.6) is 0 Å². The first-order chi connectivity index (χ1) is 13.6. The number of amides is 1. The second-order valence-electron chi connectivity index (χ2n) is 7.74. The van der Waals surface area contributed by atoms with E-state index in [4.69, 9.17) is 9.26 Å². The predicted octanol–water partition coefficient (Wildman–Crippen LogP) is 3.41. The summed E-state index contributed by atoms with van der Waals surface area (Å²) in [5, 5.41) is 9.78. The molecule has 28 heavy (non-hydrogen) atoms. The van der Waals surface area contributed by atoms with Crippen LogP contribution >= 0.6 is 0 Å². The number of piperidine rings is 1. The van der Waals surface area contributed by atoms with Gasteiger partial charge in [0, 0.05) is 37.0 Å². The van der Waals surface area contributed by atoms with Gasteiger partial charge in [-0.2, -0.15) is 10.1 Å². The lowest BCUT2D eigenvalue weighted by Crippen LogP contribution is -2.38. The number of aromatic nitrogens is 4. The topological polar surface area (TPSA) is 86.3 Å². The SMILES string of the molecule is Cc1nn(C)c2cc(-c3nc(C4CCN(C(=O)OC5CC5)CC4)no3)ccc12. The van der Waals surface area contributed by atoms with Gasteiger partial charge in [-0.05, 0) is 44.7 Å². The lowest BCUT2D eigenvalue weighted by Gasteiger charge is -2.29. The van der Waals surface area contributed by atoms with E-state index in [0.29, 0.717) is 24.8 Å². The van der Waals surface area contributed by atoms with Gasteiger partial charge in [0.05, 0.1) is 11.2 Å². The standard InChI is InChI=1S/C20H23N5O3/c1-12-16-6-3-14(11-17(16)24(2)22-12)19-21-18(23-28-19)13-7-9-25(10-8-13)20(26)27-15-4-5-15/h3,6,11,13,15H,4-5,7-10H2,1-2H3. The van der Waals surface area contributed by atoms with E-state index in [2.05, 4.69) is 15.2 Å². The zero-order chi connectivity index (χ0) is 19.3. The molecule has 3 aromatic rings. The van der Waals surface area contributed by atoms with E-state index in [1.807, 2.05) is 36.9 Å². The Labute approximate surface area is 162 Å². The highest BCUT2D eigenvalue weighted by molar-refractivity contribution is 5.85. The van der Waals surface area contributed by atoms with Gasteiger partial charge in [0.1, 0.15) is 6.10 Å². The fraction of sp³-hybridized carbons (Fsp3) is 0.500. The summed E-state index contributed by atoms with van der Waals surface area (Å²) in [6.07, 6.45) is 3.59. The number of likely N-dealkylation sites (tertiary alicyclic amines) is 1. The van der Waals surface area contributed by atoms with Crippen molar-refractivity contribution in [2.24, 2.45) is 7.05 Å². The van der Waals surface area contributed by atoms with E-state index in [0.717, 1.165) is 47.8 Å². The smallest absolute Gasteiger partial charge is 0.410 e. The molecule has 0 spiro atoms. The third kappa shape index (κ3) is 3.12. The number of nitrogens with zero attached hydrogens (tertiary/aromatic N) is 5. The van der Waals surface area contributed by atoms with Gasteiger partial charge in [-0.3, -0.25) is 4.68 Å². The highest BCUT2D eigenvalue weighted by Crippen LogP contribution is 2.31. The molecule has 0 bridgehead atoms. The van der Waals surface area contributed by atoms with Crippen LogP contribution in [0.25, 0.3) is 22.4 Å². The Hall–Kier alpha value is -2.90. The average Bonchev–Trinajstić information content (AvgIpc) is 3.30. The molecule has 3 heterocycles.